The maximum Gasteiger partial charge on any atom is 0.272 e. The van der Waals surface area contributed by atoms with Crippen LogP contribution in [0.5, 0.6) is 0 Å². The Morgan fingerprint density at radius 2 is 2.14 bits per heavy atom. The fourth-order valence-corrected chi connectivity index (χ4v) is 0.771. The van der Waals surface area contributed by atoms with Crippen LogP contribution >= 0.6 is 0 Å². The molecule has 1 aromatic rings. The Labute approximate surface area is 79.3 Å². The van der Waals surface area contributed by atoms with Crippen LogP contribution in [0, 0.1) is 5.82 Å². The van der Waals surface area contributed by atoms with Crippen LogP contribution in [0.4, 0.5) is 4.39 Å². The summed E-state index contributed by atoms with van der Waals surface area (Å²) in [5, 5.41) is 0. The third-order valence-corrected chi connectivity index (χ3v) is 1.37. The SMILES string of the molecule is CC(=O)NNC(=O)c1ccncc1F. The first-order chi connectivity index (χ1) is 6.61. The number of carbonyl (C=O) groups excluding carboxylic acids is 2. The first kappa shape index (κ1) is 10.1. The number of hydrogen-bond acceptors (Lipinski definition) is 3. The van der Waals surface area contributed by atoms with Crippen LogP contribution in [-0.2, 0) is 4.79 Å². The molecule has 0 atom stereocenters. The van der Waals surface area contributed by atoms with E-state index in [0.717, 1.165) is 6.20 Å². The molecule has 0 radical (unpaired) electrons. The van der Waals surface area contributed by atoms with Crippen LogP contribution in [0.15, 0.2) is 18.5 Å². The van der Waals surface area contributed by atoms with Gasteiger partial charge in [-0.05, 0) is 6.07 Å². The van der Waals surface area contributed by atoms with Gasteiger partial charge in [-0.3, -0.25) is 25.4 Å². The lowest BCUT2D eigenvalue weighted by atomic mass is 10.2. The molecule has 0 aliphatic heterocycles. The van der Waals surface area contributed by atoms with E-state index in [1.54, 1.807) is 0 Å². The molecule has 1 aromatic heterocycles. The molecule has 74 valence electrons. The molecule has 0 bridgehead atoms. The quantitative estimate of drug-likeness (QED) is 0.622. The predicted octanol–water partition coefficient (Wildman–Crippen LogP) is 0.00160. The zero-order valence-corrected chi connectivity index (χ0v) is 7.37. The van der Waals surface area contributed by atoms with Gasteiger partial charge < -0.3 is 0 Å². The number of carbonyl (C=O) groups is 2. The summed E-state index contributed by atoms with van der Waals surface area (Å²) in [5.41, 5.74) is 3.91. The number of pyridine rings is 1. The first-order valence-electron chi connectivity index (χ1n) is 3.77. The van der Waals surface area contributed by atoms with E-state index < -0.39 is 17.6 Å². The first-order valence-corrected chi connectivity index (χ1v) is 3.77. The van der Waals surface area contributed by atoms with Crippen LogP contribution < -0.4 is 10.9 Å². The van der Waals surface area contributed by atoms with Crippen molar-refractivity contribution in [1.29, 1.82) is 0 Å². The Morgan fingerprint density at radius 1 is 1.43 bits per heavy atom. The Hall–Kier alpha value is -1.98. The zero-order valence-electron chi connectivity index (χ0n) is 7.37. The van der Waals surface area contributed by atoms with Crippen molar-refractivity contribution in [3.05, 3.63) is 29.8 Å². The third kappa shape index (κ3) is 2.51. The summed E-state index contributed by atoms with van der Waals surface area (Å²) in [5.74, 6) is -1.90. The van der Waals surface area contributed by atoms with E-state index in [0.29, 0.717) is 0 Å². The van der Waals surface area contributed by atoms with E-state index in [1.807, 2.05) is 10.9 Å². The number of nitrogens with one attached hydrogen (secondary N) is 2. The summed E-state index contributed by atoms with van der Waals surface area (Å²) in [6, 6.07) is 1.21. The van der Waals surface area contributed by atoms with E-state index in [1.165, 1.54) is 19.2 Å². The summed E-state index contributed by atoms with van der Waals surface area (Å²) < 4.78 is 12.9. The van der Waals surface area contributed by atoms with Crippen molar-refractivity contribution in [3.63, 3.8) is 0 Å². The largest absolute Gasteiger partial charge is 0.274 e. The van der Waals surface area contributed by atoms with Gasteiger partial charge in [-0.25, -0.2) is 4.39 Å². The Morgan fingerprint density at radius 3 is 2.71 bits per heavy atom. The average molecular weight is 197 g/mol. The second-order valence-corrected chi connectivity index (χ2v) is 2.49. The maximum absolute atomic E-state index is 12.9. The molecule has 2 amide bonds. The van der Waals surface area contributed by atoms with Gasteiger partial charge in [0, 0.05) is 13.1 Å². The van der Waals surface area contributed by atoms with Gasteiger partial charge in [0.2, 0.25) is 5.91 Å². The van der Waals surface area contributed by atoms with Crippen molar-refractivity contribution in [2.45, 2.75) is 6.92 Å². The van der Waals surface area contributed by atoms with Crippen LogP contribution in [0.25, 0.3) is 0 Å². The van der Waals surface area contributed by atoms with Crippen molar-refractivity contribution in [1.82, 2.24) is 15.8 Å². The van der Waals surface area contributed by atoms with E-state index in [9.17, 15) is 14.0 Å². The van der Waals surface area contributed by atoms with Crippen molar-refractivity contribution in [2.75, 3.05) is 0 Å². The molecule has 0 saturated heterocycles. The molecular formula is C8H8FN3O2. The number of rotatable bonds is 1. The number of aromatic nitrogens is 1. The fourth-order valence-electron chi connectivity index (χ4n) is 0.771. The van der Waals surface area contributed by atoms with Crippen LogP contribution in [0.3, 0.4) is 0 Å². The lowest BCUT2D eigenvalue weighted by molar-refractivity contribution is -0.119. The monoisotopic (exact) mass is 197 g/mol. The van der Waals surface area contributed by atoms with Gasteiger partial charge >= 0.3 is 0 Å². The van der Waals surface area contributed by atoms with Gasteiger partial charge in [0.25, 0.3) is 5.91 Å². The minimum Gasteiger partial charge on any atom is -0.274 e. The highest BCUT2D eigenvalue weighted by atomic mass is 19.1. The summed E-state index contributed by atoms with van der Waals surface area (Å²) in [7, 11) is 0. The number of hydrazine groups is 1. The molecule has 5 nitrogen and oxygen atoms in total. The van der Waals surface area contributed by atoms with Gasteiger partial charge in [-0.2, -0.15) is 0 Å². The molecule has 6 heteroatoms. The van der Waals surface area contributed by atoms with E-state index in [-0.39, 0.29) is 5.56 Å². The van der Waals surface area contributed by atoms with E-state index in [4.69, 9.17) is 0 Å². The zero-order chi connectivity index (χ0) is 10.6. The Bertz CT molecular complexity index is 367. The van der Waals surface area contributed by atoms with Gasteiger partial charge in [0.15, 0.2) is 5.82 Å². The molecule has 1 heterocycles. The van der Waals surface area contributed by atoms with Gasteiger partial charge in [0.05, 0.1) is 11.8 Å². The molecule has 0 aliphatic carbocycles. The minimum absolute atomic E-state index is 0.172. The average Bonchev–Trinajstić information content (AvgIpc) is 2.15. The van der Waals surface area contributed by atoms with Crippen LogP contribution in [0.1, 0.15) is 17.3 Å². The number of hydrogen-bond donors (Lipinski definition) is 2. The van der Waals surface area contributed by atoms with Crippen LogP contribution in [-0.4, -0.2) is 16.8 Å². The van der Waals surface area contributed by atoms with Crippen molar-refractivity contribution in [3.8, 4) is 0 Å². The van der Waals surface area contributed by atoms with Gasteiger partial charge in [-0.1, -0.05) is 0 Å². The Balaban J connectivity index is 2.70. The second kappa shape index (κ2) is 4.31. The predicted molar refractivity (Wildman–Crippen MR) is 45.5 cm³/mol. The molecule has 0 aliphatic rings. The minimum atomic E-state index is -0.740. The van der Waals surface area contributed by atoms with E-state index >= 15 is 0 Å². The molecule has 14 heavy (non-hydrogen) atoms. The second-order valence-electron chi connectivity index (χ2n) is 2.49. The Kier molecular flexibility index (Phi) is 3.11. The third-order valence-electron chi connectivity index (χ3n) is 1.37. The number of nitrogens with zero attached hydrogens (tertiary/aromatic N) is 1. The van der Waals surface area contributed by atoms with Crippen molar-refractivity contribution in [2.24, 2.45) is 0 Å². The lowest BCUT2D eigenvalue weighted by Gasteiger charge is -2.04. The van der Waals surface area contributed by atoms with Crippen LogP contribution in [0.2, 0.25) is 0 Å². The molecule has 0 saturated carbocycles. The van der Waals surface area contributed by atoms with E-state index in [2.05, 4.69) is 4.98 Å². The highest BCUT2D eigenvalue weighted by Crippen LogP contribution is 2.02. The molecular weight excluding hydrogens is 189 g/mol. The molecule has 0 aromatic carbocycles. The van der Waals surface area contributed by atoms with Gasteiger partial charge in [-0.15, -0.1) is 0 Å². The highest BCUT2D eigenvalue weighted by Gasteiger charge is 2.10. The number of amides is 2. The molecule has 0 spiro atoms. The smallest absolute Gasteiger partial charge is 0.272 e. The molecule has 0 fully saturated rings. The van der Waals surface area contributed by atoms with Crippen molar-refractivity contribution < 1.29 is 14.0 Å². The molecule has 0 unspecified atom stereocenters. The van der Waals surface area contributed by atoms with Gasteiger partial charge in [0.1, 0.15) is 0 Å². The fraction of sp³-hybridized carbons (Fsp3) is 0.125. The normalized spacial score (nSPS) is 9.29. The standard InChI is InChI=1S/C8H8FN3O2/c1-5(13)11-12-8(14)6-2-3-10-4-7(6)9/h2-4H,1H3,(H,11,13)(H,12,14). The molecule has 2 N–H and O–H groups in total. The topological polar surface area (TPSA) is 71.1 Å². The molecule has 1 rings (SSSR count). The summed E-state index contributed by atoms with van der Waals surface area (Å²) in [4.78, 5) is 25.1. The highest BCUT2D eigenvalue weighted by molar-refractivity contribution is 5.95. The lowest BCUT2D eigenvalue weighted by Crippen LogP contribution is -2.40. The summed E-state index contributed by atoms with van der Waals surface area (Å²) >= 11 is 0. The van der Waals surface area contributed by atoms with Crippen molar-refractivity contribution >= 4 is 11.8 Å². The summed E-state index contributed by atoms with van der Waals surface area (Å²) in [6.45, 7) is 1.23. The maximum atomic E-state index is 12.9. The number of halogens is 1. The summed E-state index contributed by atoms with van der Waals surface area (Å²) in [6.07, 6.45) is 2.20.